The number of likely N-dealkylation sites (tertiary alicyclic amines) is 1. The maximum absolute atomic E-state index is 13.6. The molecule has 3 rings (SSSR count). The van der Waals surface area contributed by atoms with Gasteiger partial charge in [0.2, 0.25) is 5.91 Å². The van der Waals surface area contributed by atoms with Gasteiger partial charge in [0.15, 0.2) is 0 Å². The third-order valence-corrected chi connectivity index (χ3v) is 4.53. The Kier molecular flexibility index (Phi) is 5.84. The smallest absolute Gasteiger partial charge is 0.254 e. The van der Waals surface area contributed by atoms with Gasteiger partial charge in [-0.1, -0.05) is 12.1 Å². The molecule has 1 aliphatic heterocycles. The largest absolute Gasteiger partial charge is 0.465 e. The maximum Gasteiger partial charge on any atom is 0.254 e. The number of carbonyl (C=O) groups is 2. The van der Waals surface area contributed by atoms with Crippen LogP contribution < -0.4 is 5.32 Å². The Morgan fingerprint density at radius 1 is 1.19 bits per heavy atom. The highest BCUT2D eigenvalue weighted by Gasteiger charge is 2.22. The second-order valence-corrected chi connectivity index (χ2v) is 6.31. The highest BCUT2D eigenvalue weighted by atomic mass is 19.1. The topological polar surface area (TPSA) is 62.6 Å². The molecule has 1 aromatic carbocycles. The van der Waals surface area contributed by atoms with E-state index in [2.05, 4.69) is 5.32 Å². The molecule has 0 unspecified atom stereocenters. The first-order chi connectivity index (χ1) is 12.6. The predicted octanol–water partition coefficient (Wildman–Crippen LogP) is 3.10. The van der Waals surface area contributed by atoms with E-state index in [0.717, 1.165) is 12.8 Å². The summed E-state index contributed by atoms with van der Waals surface area (Å²) in [5.74, 6) is -0.0418. The van der Waals surface area contributed by atoms with E-state index in [9.17, 15) is 14.0 Å². The molecule has 26 heavy (non-hydrogen) atoms. The average Bonchev–Trinajstić information content (AvgIpc) is 3.18. The van der Waals surface area contributed by atoms with Crippen LogP contribution in [0, 0.1) is 11.7 Å². The summed E-state index contributed by atoms with van der Waals surface area (Å²) >= 11 is 0. The zero-order valence-electron chi connectivity index (χ0n) is 14.4. The van der Waals surface area contributed by atoms with E-state index >= 15 is 0 Å². The summed E-state index contributed by atoms with van der Waals surface area (Å²) in [6.07, 6.45) is 6.34. The summed E-state index contributed by atoms with van der Waals surface area (Å²) in [7, 11) is 0. The fraction of sp³-hybridized carbons (Fsp3) is 0.300. The third kappa shape index (κ3) is 4.59. The predicted molar refractivity (Wildman–Crippen MR) is 95.8 cm³/mol. The van der Waals surface area contributed by atoms with Gasteiger partial charge in [-0.25, -0.2) is 4.39 Å². The summed E-state index contributed by atoms with van der Waals surface area (Å²) in [4.78, 5) is 26.0. The molecular formula is C20H21FN2O3. The van der Waals surface area contributed by atoms with Gasteiger partial charge in [-0.05, 0) is 49.1 Å². The van der Waals surface area contributed by atoms with Crippen molar-refractivity contribution >= 4 is 17.9 Å². The molecule has 136 valence electrons. The van der Waals surface area contributed by atoms with Gasteiger partial charge in [-0.2, -0.15) is 0 Å². The monoisotopic (exact) mass is 356 g/mol. The molecule has 0 aliphatic carbocycles. The number of piperidine rings is 1. The van der Waals surface area contributed by atoms with E-state index in [1.165, 1.54) is 18.2 Å². The molecule has 2 amide bonds. The quantitative estimate of drug-likeness (QED) is 0.838. The van der Waals surface area contributed by atoms with Crippen LogP contribution in [0.5, 0.6) is 0 Å². The Hall–Kier alpha value is -2.89. The molecule has 6 heteroatoms. The summed E-state index contributed by atoms with van der Waals surface area (Å²) in [6.45, 7) is 1.76. The lowest BCUT2D eigenvalue weighted by Crippen LogP contribution is -2.41. The molecule has 0 bridgehead atoms. The minimum Gasteiger partial charge on any atom is -0.465 e. The normalized spacial score (nSPS) is 15.3. The molecule has 1 N–H and O–H groups in total. The zero-order chi connectivity index (χ0) is 18.4. The van der Waals surface area contributed by atoms with Crippen molar-refractivity contribution in [3.63, 3.8) is 0 Å². The summed E-state index contributed by atoms with van der Waals surface area (Å²) in [5, 5.41) is 2.79. The number of benzene rings is 1. The lowest BCUT2D eigenvalue weighted by Gasteiger charge is -2.31. The van der Waals surface area contributed by atoms with Crippen molar-refractivity contribution in [3.05, 3.63) is 65.9 Å². The lowest BCUT2D eigenvalue weighted by molar-refractivity contribution is -0.127. The summed E-state index contributed by atoms with van der Waals surface area (Å²) in [5.41, 5.74) is 0.0585. The Morgan fingerprint density at radius 2 is 1.96 bits per heavy atom. The molecule has 5 nitrogen and oxygen atoms in total. The molecule has 1 aliphatic rings. The van der Waals surface area contributed by atoms with Gasteiger partial charge in [0.05, 0.1) is 11.8 Å². The molecule has 1 aromatic heterocycles. The molecule has 2 heterocycles. The van der Waals surface area contributed by atoms with Crippen LogP contribution in [0.15, 0.2) is 53.2 Å². The van der Waals surface area contributed by atoms with Crippen molar-refractivity contribution in [1.82, 2.24) is 10.2 Å². The van der Waals surface area contributed by atoms with Gasteiger partial charge < -0.3 is 14.6 Å². The van der Waals surface area contributed by atoms with Crippen LogP contribution in [-0.2, 0) is 4.79 Å². The van der Waals surface area contributed by atoms with Gasteiger partial charge in [-0.15, -0.1) is 0 Å². The van der Waals surface area contributed by atoms with Gasteiger partial charge >= 0.3 is 0 Å². The highest BCUT2D eigenvalue weighted by Crippen LogP contribution is 2.17. The van der Waals surface area contributed by atoms with Crippen LogP contribution in [0.25, 0.3) is 6.08 Å². The Balaban J connectivity index is 1.43. The van der Waals surface area contributed by atoms with E-state index in [4.69, 9.17) is 4.42 Å². The first kappa shape index (κ1) is 17.9. The second-order valence-electron chi connectivity index (χ2n) is 6.31. The van der Waals surface area contributed by atoms with Crippen molar-refractivity contribution in [2.24, 2.45) is 5.92 Å². The van der Waals surface area contributed by atoms with Crippen molar-refractivity contribution in [3.8, 4) is 0 Å². The molecular weight excluding hydrogens is 335 g/mol. The number of rotatable bonds is 5. The molecule has 0 atom stereocenters. The van der Waals surface area contributed by atoms with Crippen LogP contribution in [0.2, 0.25) is 0 Å². The van der Waals surface area contributed by atoms with Crippen molar-refractivity contribution < 1.29 is 18.4 Å². The van der Waals surface area contributed by atoms with Crippen LogP contribution in [0.4, 0.5) is 4.39 Å². The van der Waals surface area contributed by atoms with Gasteiger partial charge in [0.1, 0.15) is 11.6 Å². The number of carbonyl (C=O) groups excluding carboxylic acids is 2. The van der Waals surface area contributed by atoms with E-state index in [-0.39, 0.29) is 17.4 Å². The molecule has 0 saturated carbocycles. The number of nitrogens with one attached hydrogen (secondary N) is 1. The van der Waals surface area contributed by atoms with Crippen LogP contribution in [-0.4, -0.2) is 36.3 Å². The van der Waals surface area contributed by atoms with E-state index in [1.54, 1.807) is 41.5 Å². The van der Waals surface area contributed by atoms with Gasteiger partial charge in [-0.3, -0.25) is 9.59 Å². The summed E-state index contributed by atoms with van der Waals surface area (Å²) in [6, 6.07) is 9.49. The minimum absolute atomic E-state index is 0.0461. The van der Waals surface area contributed by atoms with Crippen LogP contribution in [0.3, 0.4) is 0 Å². The Labute approximate surface area is 151 Å². The Morgan fingerprint density at radius 3 is 2.65 bits per heavy atom. The molecule has 1 fully saturated rings. The van der Waals surface area contributed by atoms with E-state index in [1.807, 2.05) is 0 Å². The SMILES string of the molecule is O=C(NCC1CCN(C(=O)/C=C/c2ccco2)CC1)c1ccccc1F. The minimum atomic E-state index is -0.520. The number of nitrogens with zero attached hydrogens (tertiary/aromatic N) is 1. The standard InChI is InChI=1S/C20H21FN2O3/c21-18-6-2-1-5-17(18)20(25)22-14-15-9-11-23(12-10-15)19(24)8-7-16-4-3-13-26-16/h1-8,13,15H,9-12,14H2,(H,22,25)/b8-7+. The fourth-order valence-electron chi connectivity index (χ4n) is 2.98. The Bertz CT molecular complexity index is 778. The molecule has 0 radical (unpaired) electrons. The van der Waals surface area contributed by atoms with Crippen molar-refractivity contribution in [2.45, 2.75) is 12.8 Å². The van der Waals surface area contributed by atoms with Crippen LogP contribution in [0.1, 0.15) is 29.0 Å². The van der Waals surface area contributed by atoms with Crippen LogP contribution >= 0.6 is 0 Å². The third-order valence-electron chi connectivity index (χ3n) is 4.53. The fourth-order valence-corrected chi connectivity index (χ4v) is 2.98. The molecule has 1 saturated heterocycles. The number of halogens is 1. The lowest BCUT2D eigenvalue weighted by atomic mass is 9.96. The van der Waals surface area contributed by atoms with E-state index in [0.29, 0.717) is 25.4 Å². The number of amides is 2. The van der Waals surface area contributed by atoms with E-state index < -0.39 is 11.7 Å². The number of hydrogen-bond acceptors (Lipinski definition) is 3. The highest BCUT2D eigenvalue weighted by molar-refractivity contribution is 5.94. The number of hydrogen-bond donors (Lipinski definition) is 1. The van der Waals surface area contributed by atoms with Gasteiger partial charge in [0.25, 0.3) is 5.91 Å². The van der Waals surface area contributed by atoms with Crippen molar-refractivity contribution in [1.29, 1.82) is 0 Å². The average molecular weight is 356 g/mol. The second kappa shape index (κ2) is 8.47. The van der Waals surface area contributed by atoms with Crippen molar-refractivity contribution in [2.75, 3.05) is 19.6 Å². The molecule has 0 spiro atoms. The maximum atomic E-state index is 13.6. The van der Waals surface area contributed by atoms with Gasteiger partial charge in [0, 0.05) is 25.7 Å². The first-order valence-corrected chi connectivity index (χ1v) is 8.66. The summed E-state index contributed by atoms with van der Waals surface area (Å²) < 4.78 is 18.8. The zero-order valence-corrected chi connectivity index (χ0v) is 14.4. The number of furan rings is 1. The first-order valence-electron chi connectivity index (χ1n) is 8.66. The molecule has 2 aromatic rings.